The monoisotopic (exact) mass is 746 g/mol. The molecule has 4 aliphatic heterocycles. The Labute approximate surface area is 297 Å². The van der Waals surface area contributed by atoms with Crippen molar-refractivity contribution in [2.45, 2.75) is 63.3 Å². The number of allylic oxidation sites excluding steroid dienone is 1. The molecule has 7 rings (SSSR count). The number of fused-ring (bicyclic) bond motifs is 3. The van der Waals surface area contributed by atoms with Crippen LogP contribution in [0.3, 0.4) is 0 Å². The van der Waals surface area contributed by atoms with E-state index in [2.05, 4.69) is 31.6 Å². The number of esters is 1. The van der Waals surface area contributed by atoms with E-state index >= 15 is 4.79 Å². The molecular formula is C36H39BrN6O7. The van der Waals surface area contributed by atoms with Crippen molar-refractivity contribution in [1.82, 2.24) is 30.1 Å². The number of rotatable bonds is 6. The predicted molar refractivity (Wildman–Crippen MR) is 184 cm³/mol. The van der Waals surface area contributed by atoms with Gasteiger partial charge in [-0.1, -0.05) is 89.6 Å². The molecule has 0 radical (unpaired) electrons. The van der Waals surface area contributed by atoms with Gasteiger partial charge in [-0.05, 0) is 36.1 Å². The van der Waals surface area contributed by atoms with Gasteiger partial charge < -0.3 is 29.7 Å². The van der Waals surface area contributed by atoms with Crippen LogP contribution in [0.15, 0.2) is 77.3 Å². The molecule has 2 N–H and O–H groups in total. The van der Waals surface area contributed by atoms with Gasteiger partial charge in [0.05, 0.1) is 30.6 Å². The molecule has 14 heteroatoms. The van der Waals surface area contributed by atoms with Crippen LogP contribution in [0.4, 0.5) is 0 Å². The van der Waals surface area contributed by atoms with Crippen LogP contribution in [0.1, 0.15) is 38.4 Å². The first-order valence-electron chi connectivity index (χ1n) is 16.9. The van der Waals surface area contributed by atoms with Gasteiger partial charge >= 0.3 is 5.97 Å². The summed E-state index contributed by atoms with van der Waals surface area (Å²) in [5.74, 6) is -4.25. The molecule has 5 bridgehead atoms. The van der Waals surface area contributed by atoms with E-state index in [-0.39, 0.29) is 38.0 Å². The average molecular weight is 748 g/mol. The number of ether oxygens (including phenoxy) is 2. The summed E-state index contributed by atoms with van der Waals surface area (Å²) in [4.78, 5) is 60.0. The highest BCUT2D eigenvalue weighted by molar-refractivity contribution is 9.11. The number of carbonyl (C=O) groups excluding carboxylic acids is 4. The molecule has 0 aliphatic carbocycles. The van der Waals surface area contributed by atoms with Crippen molar-refractivity contribution in [3.63, 3.8) is 0 Å². The third kappa shape index (κ3) is 5.82. The number of hydrogen-bond acceptors (Lipinski definition) is 9. The molecule has 4 aliphatic rings. The molecule has 2 fully saturated rings. The standard InChI is InChI=1S/C36H39BrN6O7/c1-21(2)26(19-44)43-32-34(47)41(20-42-25-14-9-8-13-24(25)39-40-42)16-10-4-7-15-28(45)38-18-27(22-11-5-3-6-12-22)49-35(48)29-30(33(43)46)36(32)17-23(37)31(29)50-36/h3-6,8-14,17,21,26-27,29-32,44H,7,15-16,18-20H2,1-2H3,(H,38,45)/b10-4-/t26-,27+,29+,30-,31+,32+,36-/m0/s1. The predicted octanol–water partition coefficient (Wildman–Crippen LogP) is 2.86. The van der Waals surface area contributed by atoms with Crippen LogP contribution >= 0.6 is 15.9 Å². The molecule has 3 aromatic rings. The van der Waals surface area contributed by atoms with Crippen LogP contribution in [-0.2, 0) is 35.3 Å². The molecule has 1 aromatic heterocycles. The van der Waals surface area contributed by atoms with Gasteiger partial charge in [-0.2, -0.15) is 0 Å². The second-order valence-corrected chi connectivity index (χ2v) is 14.4. The van der Waals surface area contributed by atoms with Gasteiger partial charge in [0.2, 0.25) is 11.8 Å². The van der Waals surface area contributed by atoms with E-state index in [1.807, 2.05) is 80.6 Å². The minimum Gasteiger partial charge on any atom is -0.455 e. The summed E-state index contributed by atoms with van der Waals surface area (Å²) in [5.41, 5.74) is 0.520. The number of cyclic esters (lactones) is 1. The maximum absolute atomic E-state index is 15.1. The zero-order chi connectivity index (χ0) is 35.2. The van der Waals surface area contributed by atoms with Crippen molar-refractivity contribution < 1.29 is 33.8 Å². The van der Waals surface area contributed by atoms with Crippen molar-refractivity contribution >= 4 is 50.7 Å². The van der Waals surface area contributed by atoms with Crippen molar-refractivity contribution in [3.8, 4) is 0 Å². The van der Waals surface area contributed by atoms with Gasteiger partial charge in [-0.3, -0.25) is 19.2 Å². The number of aromatic nitrogens is 3. The molecule has 1 spiro atoms. The van der Waals surface area contributed by atoms with E-state index in [0.29, 0.717) is 27.5 Å². The summed E-state index contributed by atoms with van der Waals surface area (Å²) >= 11 is 3.59. The molecule has 0 saturated carbocycles. The molecule has 7 atom stereocenters. The van der Waals surface area contributed by atoms with Gasteiger partial charge in [0, 0.05) is 17.4 Å². The fourth-order valence-corrected chi connectivity index (χ4v) is 8.44. The molecule has 2 saturated heterocycles. The normalized spacial score (nSPS) is 30.0. The molecule has 0 unspecified atom stereocenters. The Morgan fingerprint density at radius 2 is 1.80 bits per heavy atom. The van der Waals surface area contributed by atoms with Gasteiger partial charge in [0.15, 0.2) is 0 Å². The quantitative estimate of drug-likeness (QED) is 0.286. The van der Waals surface area contributed by atoms with Crippen LogP contribution < -0.4 is 5.32 Å². The average Bonchev–Trinajstić information content (AvgIpc) is 3.83. The first kappa shape index (κ1) is 34.1. The Kier molecular flexibility index (Phi) is 9.35. The molecule has 50 heavy (non-hydrogen) atoms. The molecular weight excluding hydrogens is 708 g/mol. The maximum Gasteiger partial charge on any atom is 0.313 e. The minimum absolute atomic E-state index is 0.00649. The number of benzene rings is 2. The Balaban J connectivity index is 1.34. The van der Waals surface area contributed by atoms with Crippen LogP contribution in [-0.4, -0.2) is 97.1 Å². The summed E-state index contributed by atoms with van der Waals surface area (Å²) in [6.45, 7) is 3.49. The molecule has 13 nitrogen and oxygen atoms in total. The number of nitrogens with zero attached hydrogens (tertiary/aromatic N) is 5. The number of aliphatic hydroxyl groups is 1. The van der Waals surface area contributed by atoms with Crippen LogP contribution in [0, 0.1) is 17.8 Å². The van der Waals surface area contributed by atoms with Crippen molar-refractivity contribution in [1.29, 1.82) is 0 Å². The second-order valence-electron chi connectivity index (χ2n) is 13.5. The second kappa shape index (κ2) is 13.7. The van der Waals surface area contributed by atoms with Crippen molar-refractivity contribution in [2.75, 3.05) is 19.7 Å². The van der Waals surface area contributed by atoms with Gasteiger partial charge in [0.1, 0.15) is 42.0 Å². The number of para-hydroxylation sites is 1. The first-order chi connectivity index (χ1) is 24.1. The molecule has 262 valence electrons. The highest BCUT2D eigenvalue weighted by atomic mass is 79.9. The third-order valence-corrected chi connectivity index (χ3v) is 10.8. The lowest BCUT2D eigenvalue weighted by atomic mass is 9.74. The number of hydrogen-bond donors (Lipinski definition) is 2. The lowest BCUT2D eigenvalue weighted by molar-refractivity contribution is -0.161. The Morgan fingerprint density at radius 1 is 1.04 bits per heavy atom. The lowest BCUT2D eigenvalue weighted by Crippen LogP contribution is -2.59. The Morgan fingerprint density at radius 3 is 2.56 bits per heavy atom. The summed E-state index contributed by atoms with van der Waals surface area (Å²) in [6, 6.07) is 14.5. The molecule has 5 heterocycles. The van der Waals surface area contributed by atoms with Crippen molar-refractivity contribution in [2.24, 2.45) is 17.8 Å². The largest absolute Gasteiger partial charge is 0.455 e. The number of nitrogens with one attached hydrogen (secondary N) is 1. The Hall–Kier alpha value is -4.40. The van der Waals surface area contributed by atoms with Gasteiger partial charge in [-0.25, -0.2) is 4.68 Å². The lowest BCUT2D eigenvalue weighted by Gasteiger charge is -2.39. The highest BCUT2D eigenvalue weighted by Gasteiger charge is 2.75. The fourth-order valence-electron chi connectivity index (χ4n) is 7.70. The first-order valence-corrected chi connectivity index (χ1v) is 17.7. The van der Waals surface area contributed by atoms with E-state index in [1.165, 1.54) is 4.90 Å². The minimum atomic E-state index is -1.53. The third-order valence-electron chi connectivity index (χ3n) is 10.2. The van der Waals surface area contributed by atoms with E-state index in [0.717, 1.165) is 0 Å². The number of halogens is 1. The summed E-state index contributed by atoms with van der Waals surface area (Å²) < 4.78 is 14.9. The van der Waals surface area contributed by atoms with E-state index in [1.54, 1.807) is 15.7 Å². The van der Waals surface area contributed by atoms with Crippen LogP contribution in [0.2, 0.25) is 0 Å². The smallest absolute Gasteiger partial charge is 0.313 e. The zero-order valence-corrected chi connectivity index (χ0v) is 29.3. The van der Waals surface area contributed by atoms with Gasteiger partial charge in [-0.15, -0.1) is 5.10 Å². The molecule has 2 aromatic carbocycles. The zero-order valence-electron chi connectivity index (χ0n) is 27.7. The van der Waals surface area contributed by atoms with E-state index in [4.69, 9.17) is 9.47 Å². The van der Waals surface area contributed by atoms with Crippen molar-refractivity contribution in [3.05, 3.63) is 82.9 Å². The maximum atomic E-state index is 15.1. The van der Waals surface area contributed by atoms with Gasteiger partial charge in [0.25, 0.3) is 5.91 Å². The Bertz CT molecular complexity index is 1860. The highest BCUT2D eigenvalue weighted by Crippen LogP contribution is 2.59. The summed E-state index contributed by atoms with van der Waals surface area (Å²) in [5, 5.41) is 22.1. The topological polar surface area (TPSA) is 156 Å². The summed E-state index contributed by atoms with van der Waals surface area (Å²) in [6.07, 6.45) is 4.26. The fraction of sp³-hybridized carbons (Fsp3) is 0.444. The number of amides is 3. The molecule has 3 amide bonds. The van der Waals surface area contributed by atoms with Crippen LogP contribution in [0.25, 0.3) is 11.0 Å². The number of likely N-dealkylation sites (tertiary alicyclic amines) is 1. The van der Waals surface area contributed by atoms with Crippen LogP contribution in [0.5, 0.6) is 0 Å². The van der Waals surface area contributed by atoms with E-state index in [9.17, 15) is 19.5 Å². The summed E-state index contributed by atoms with van der Waals surface area (Å²) in [7, 11) is 0. The number of aliphatic hydroxyl groups excluding tert-OH is 1. The number of carbonyl (C=O) groups is 4. The van der Waals surface area contributed by atoms with E-state index < -0.39 is 66.1 Å². The SMILES string of the molecule is CC(C)[C@H](CO)N1C(=O)[C@@H]2[C@H]3C(=O)O[C@@H](c4ccccc4)CNC(=O)CC/C=C\CN(Cn4nnc5ccccc54)C(=O)[C@@H]1[C@]21C=C(Br)[C@H]3O1.